The van der Waals surface area contributed by atoms with Crippen molar-refractivity contribution in [2.45, 2.75) is 59.4 Å². The monoisotopic (exact) mass is 675 g/mol. The lowest BCUT2D eigenvalue weighted by atomic mass is 9.69. The van der Waals surface area contributed by atoms with E-state index in [1.807, 2.05) is 49.4 Å². The van der Waals surface area contributed by atoms with E-state index in [0.29, 0.717) is 35.7 Å². The van der Waals surface area contributed by atoms with Crippen molar-refractivity contribution in [1.29, 1.82) is 0 Å². The molecule has 0 amide bonds. The molecule has 258 valence electrons. The summed E-state index contributed by atoms with van der Waals surface area (Å²) in [6.45, 7) is 13.8. The molecule has 1 atom stereocenters. The minimum atomic E-state index is -1.73. The van der Waals surface area contributed by atoms with Crippen molar-refractivity contribution in [3.8, 4) is 17.2 Å². The van der Waals surface area contributed by atoms with Crippen LogP contribution in [0.25, 0.3) is 0 Å². The van der Waals surface area contributed by atoms with Gasteiger partial charge in [0.1, 0.15) is 17.1 Å². The lowest BCUT2D eigenvalue weighted by Gasteiger charge is -2.46. The molecule has 3 heterocycles. The molecule has 0 aromatic heterocycles. The second kappa shape index (κ2) is 13.4. The second-order valence-electron chi connectivity index (χ2n) is 12.8. The Bertz CT molecular complexity index is 1980. The minimum Gasteiger partial charge on any atom is -0.418 e. The molecule has 2 bridgehead atoms. The molecule has 1 unspecified atom stereocenters. The predicted octanol–water partition coefficient (Wildman–Crippen LogP) is 10.4. The molecule has 3 aliphatic heterocycles. The Morgan fingerprint density at radius 2 is 1.22 bits per heavy atom. The summed E-state index contributed by atoms with van der Waals surface area (Å²) >= 11 is 0. The smallest absolute Gasteiger partial charge is 0.418 e. The molecule has 12 nitrogen and oxygen atoms in total. The molecule has 12 heteroatoms. The Balaban J connectivity index is 1.43. The lowest BCUT2D eigenvalue weighted by molar-refractivity contribution is -0.384. The van der Waals surface area contributed by atoms with Crippen molar-refractivity contribution in [2.75, 3.05) is 36.0 Å². The topological polar surface area (TPSA) is 127 Å². The Kier molecular flexibility index (Phi) is 8.85. The van der Waals surface area contributed by atoms with E-state index >= 15 is 0 Å². The highest BCUT2D eigenvalue weighted by molar-refractivity contribution is 5.65. The summed E-state index contributed by atoms with van der Waals surface area (Å²) in [4.78, 5) is 15.9. The van der Waals surface area contributed by atoms with Crippen molar-refractivity contribution in [2.24, 2.45) is 26.4 Å². The first-order valence-corrected chi connectivity index (χ1v) is 17.3. The van der Waals surface area contributed by atoms with Gasteiger partial charge in [-0.1, -0.05) is 6.07 Å². The molecule has 1 fully saturated rings. The maximum Gasteiger partial charge on any atom is 0.420 e. The normalized spacial score (nSPS) is 20.0. The Labute approximate surface area is 291 Å². The summed E-state index contributed by atoms with van der Waals surface area (Å²) in [6.07, 6.45) is 1.32. The highest BCUT2D eigenvalue weighted by atomic mass is 16.9. The van der Waals surface area contributed by atoms with Crippen LogP contribution in [0.5, 0.6) is 17.2 Å². The van der Waals surface area contributed by atoms with Crippen LogP contribution in [0.4, 0.5) is 39.8 Å². The standard InChI is InChI=1S/C38H41N7O5/c1-6-43(7-2)27-11-14-31-30(21-27)25-19-26(20-25)38(48-35-16-10-24(5)18-33(35)41-39-31)49-36-17-13-29(45(46)47)22-34(36)42-40-32-15-12-28(23-37(32)50-38)44(8-3)9-4/h10-18,21-23,25-26H,6-9,19-20H2,1-5H3. The van der Waals surface area contributed by atoms with Crippen LogP contribution in [0.15, 0.2) is 93.3 Å². The van der Waals surface area contributed by atoms with Gasteiger partial charge in [0.15, 0.2) is 17.2 Å². The van der Waals surface area contributed by atoms with E-state index in [-0.39, 0.29) is 29.0 Å². The van der Waals surface area contributed by atoms with Crippen molar-refractivity contribution in [3.63, 3.8) is 0 Å². The molecule has 50 heavy (non-hydrogen) atoms. The molecule has 0 radical (unpaired) electrons. The number of hydrogen-bond donors (Lipinski definition) is 0. The number of fused-ring (bicyclic) bond motifs is 2. The van der Waals surface area contributed by atoms with Gasteiger partial charge in [0.05, 0.1) is 16.5 Å². The number of nitrogens with zero attached hydrogens (tertiary/aromatic N) is 7. The van der Waals surface area contributed by atoms with Crippen LogP contribution < -0.4 is 24.0 Å². The van der Waals surface area contributed by atoms with Gasteiger partial charge in [-0.05, 0) is 113 Å². The van der Waals surface area contributed by atoms with Crippen molar-refractivity contribution >= 4 is 39.8 Å². The molecule has 1 spiro atoms. The van der Waals surface area contributed by atoms with E-state index in [1.165, 1.54) is 18.2 Å². The predicted molar refractivity (Wildman–Crippen MR) is 193 cm³/mol. The molecule has 4 aromatic carbocycles. The summed E-state index contributed by atoms with van der Waals surface area (Å²) in [7, 11) is 0. The zero-order chi connectivity index (χ0) is 35.0. The number of aryl methyl sites for hydroxylation is 1. The molecule has 4 aromatic rings. The number of rotatable bonds is 7. The fourth-order valence-corrected chi connectivity index (χ4v) is 6.92. The van der Waals surface area contributed by atoms with E-state index in [4.69, 9.17) is 24.4 Å². The number of nitro groups is 1. The van der Waals surface area contributed by atoms with Gasteiger partial charge in [0, 0.05) is 55.8 Å². The van der Waals surface area contributed by atoms with Crippen LogP contribution in [-0.4, -0.2) is 37.1 Å². The Morgan fingerprint density at radius 3 is 1.86 bits per heavy atom. The van der Waals surface area contributed by atoms with E-state index < -0.39 is 10.9 Å². The molecule has 1 aliphatic carbocycles. The van der Waals surface area contributed by atoms with Gasteiger partial charge in [-0.25, -0.2) is 0 Å². The summed E-state index contributed by atoms with van der Waals surface area (Å²) in [5.41, 5.74) is 5.99. The lowest BCUT2D eigenvalue weighted by Crippen LogP contribution is -2.58. The van der Waals surface area contributed by atoms with Gasteiger partial charge >= 0.3 is 5.97 Å². The summed E-state index contributed by atoms with van der Waals surface area (Å²) in [5.74, 6) is -0.805. The first-order valence-electron chi connectivity index (χ1n) is 17.3. The zero-order valence-corrected chi connectivity index (χ0v) is 29.0. The SMILES string of the molecule is CCN(CC)c1ccc2c(c1)OC1(Oc3ccc([N+](=O)[O-])cc3N=N2)Oc2ccc(C)cc2N=Nc2ccc(N(CC)CC)cc2C2CC1C2. The van der Waals surface area contributed by atoms with Gasteiger partial charge in [-0.2, -0.15) is 5.11 Å². The maximum absolute atomic E-state index is 11.8. The molecule has 1 saturated carbocycles. The van der Waals surface area contributed by atoms with E-state index in [2.05, 4.69) is 59.9 Å². The number of non-ortho nitro benzene ring substituents is 1. The number of hydrogen-bond acceptors (Lipinski definition) is 11. The minimum absolute atomic E-state index is 0.125. The van der Waals surface area contributed by atoms with Gasteiger partial charge in [0.25, 0.3) is 5.69 Å². The van der Waals surface area contributed by atoms with E-state index in [9.17, 15) is 10.1 Å². The number of nitro benzene ring substituents is 1. The quantitative estimate of drug-likeness (QED) is 0.141. The molecule has 0 N–H and O–H groups in total. The van der Waals surface area contributed by atoms with Crippen LogP contribution in [-0.2, 0) is 0 Å². The van der Waals surface area contributed by atoms with Gasteiger partial charge in [-0.3, -0.25) is 10.1 Å². The third-order valence-electron chi connectivity index (χ3n) is 9.84. The largest absolute Gasteiger partial charge is 0.420 e. The van der Waals surface area contributed by atoms with Crippen molar-refractivity contribution < 1.29 is 19.1 Å². The average Bonchev–Trinajstić information content (AvgIpc) is 3.12. The summed E-state index contributed by atoms with van der Waals surface area (Å²) in [5, 5.41) is 30.3. The molecule has 0 saturated heterocycles. The van der Waals surface area contributed by atoms with Crippen LogP contribution in [0, 0.1) is 23.0 Å². The first kappa shape index (κ1) is 33.0. The third kappa shape index (κ3) is 6.10. The van der Waals surface area contributed by atoms with Crippen LogP contribution in [0.3, 0.4) is 0 Å². The molecular weight excluding hydrogens is 634 g/mol. The second-order valence-corrected chi connectivity index (χ2v) is 12.8. The highest BCUT2D eigenvalue weighted by Gasteiger charge is 2.55. The number of anilines is 2. The highest BCUT2D eigenvalue weighted by Crippen LogP contribution is 2.55. The molecular formula is C38H41N7O5. The molecule has 8 rings (SSSR count). The fraction of sp³-hybridized carbons (Fsp3) is 0.368. The van der Waals surface area contributed by atoms with E-state index in [1.54, 1.807) is 0 Å². The summed E-state index contributed by atoms with van der Waals surface area (Å²) in [6, 6.07) is 22.1. The van der Waals surface area contributed by atoms with Gasteiger partial charge in [-0.15, -0.1) is 15.3 Å². The number of benzene rings is 4. The van der Waals surface area contributed by atoms with Gasteiger partial charge in [0.2, 0.25) is 0 Å². The Morgan fingerprint density at radius 1 is 0.680 bits per heavy atom. The van der Waals surface area contributed by atoms with Crippen LogP contribution >= 0.6 is 0 Å². The van der Waals surface area contributed by atoms with Crippen molar-refractivity contribution in [3.05, 3.63) is 94.0 Å². The van der Waals surface area contributed by atoms with Crippen molar-refractivity contribution in [1.82, 2.24) is 0 Å². The van der Waals surface area contributed by atoms with Crippen LogP contribution in [0.1, 0.15) is 57.6 Å². The average molecular weight is 676 g/mol. The van der Waals surface area contributed by atoms with Gasteiger partial charge < -0.3 is 24.0 Å². The van der Waals surface area contributed by atoms with Crippen LogP contribution in [0.2, 0.25) is 0 Å². The zero-order valence-electron chi connectivity index (χ0n) is 29.0. The third-order valence-corrected chi connectivity index (χ3v) is 9.84. The first-order chi connectivity index (χ1) is 24.2. The van der Waals surface area contributed by atoms with E-state index in [0.717, 1.165) is 54.4 Å². The number of azo groups is 2. The molecule has 4 aliphatic rings. The maximum atomic E-state index is 11.8. The number of ether oxygens (including phenoxy) is 3. The summed E-state index contributed by atoms with van der Waals surface area (Å²) < 4.78 is 20.8. The Hall–Kier alpha value is -5.52. The fourth-order valence-electron chi connectivity index (χ4n) is 6.92.